The minimum atomic E-state index is -3.36. The Labute approximate surface area is 119 Å². The molecular formula is C13H19N3O3S. The molecular weight excluding hydrogens is 278 g/mol. The van der Waals surface area contributed by atoms with E-state index in [-0.39, 0.29) is 25.4 Å². The van der Waals surface area contributed by atoms with Crippen molar-refractivity contribution in [3.05, 3.63) is 30.1 Å². The van der Waals surface area contributed by atoms with Gasteiger partial charge in [0.1, 0.15) is 0 Å². The van der Waals surface area contributed by atoms with Crippen molar-refractivity contribution in [2.75, 3.05) is 12.8 Å². The van der Waals surface area contributed by atoms with E-state index < -0.39 is 10.0 Å². The highest BCUT2D eigenvalue weighted by molar-refractivity contribution is 7.88. The summed E-state index contributed by atoms with van der Waals surface area (Å²) in [6, 6.07) is 5.65. The van der Waals surface area contributed by atoms with Gasteiger partial charge in [0.05, 0.1) is 18.5 Å². The number of sulfonamides is 1. The average Bonchev–Trinajstić information content (AvgIpc) is 3.18. The Kier molecular flexibility index (Phi) is 4.72. The summed E-state index contributed by atoms with van der Waals surface area (Å²) in [7, 11) is -3.36. The van der Waals surface area contributed by atoms with E-state index in [0.29, 0.717) is 11.7 Å². The Morgan fingerprint density at radius 2 is 2.20 bits per heavy atom. The summed E-state index contributed by atoms with van der Waals surface area (Å²) in [4.78, 5) is 15.7. The van der Waals surface area contributed by atoms with Gasteiger partial charge in [0.2, 0.25) is 15.9 Å². The van der Waals surface area contributed by atoms with E-state index in [9.17, 15) is 13.2 Å². The van der Waals surface area contributed by atoms with Crippen LogP contribution in [0.15, 0.2) is 24.4 Å². The zero-order chi connectivity index (χ0) is 14.6. The second-order valence-corrected chi connectivity index (χ2v) is 6.99. The molecule has 1 N–H and O–H groups in total. The van der Waals surface area contributed by atoms with Gasteiger partial charge in [0, 0.05) is 25.2 Å². The number of aromatic nitrogens is 1. The third-order valence-corrected chi connectivity index (χ3v) is 4.31. The van der Waals surface area contributed by atoms with Crippen LogP contribution in [-0.2, 0) is 21.4 Å². The van der Waals surface area contributed by atoms with Crippen LogP contribution in [0.1, 0.15) is 25.0 Å². The first-order valence-corrected chi connectivity index (χ1v) is 8.44. The molecule has 0 bridgehead atoms. The van der Waals surface area contributed by atoms with E-state index in [1.54, 1.807) is 18.3 Å². The molecule has 1 amide bonds. The molecule has 20 heavy (non-hydrogen) atoms. The second-order valence-electron chi connectivity index (χ2n) is 5.01. The predicted molar refractivity (Wildman–Crippen MR) is 75.3 cm³/mol. The average molecular weight is 297 g/mol. The van der Waals surface area contributed by atoms with Crippen LogP contribution < -0.4 is 5.32 Å². The Balaban J connectivity index is 1.92. The van der Waals surface area contributed by atoms with Gasteiger partial charge in [0.25, 0.3) is 0 Å². The predicted octanol–water partition coefficient (Wildman–Crippen LogP) is 0.512. The molecule has 110 valence electrons. The lowest BCUT2D eigenvalue weighted by atomic mass is 10.3. The molecule has 1 fully saturated rings. The van der Waals surface area contributed by atoms with Gasteiger partial charge in [-0.1, -0.05) is 6.07 Å². The first-order valence-electron chi connectivity index (χ1n) is 6.59. The summed E-state index contributed by atoms with van der Waals surface area (Å²) in [6.45, 7) is 0.365. The second kappa shape index (κ2) is 6.32. The van der Waals surface area contributed by atoms with E-state index in [1.165, 1.54) is 4.31 Å². The Morgan fingerprint density at radius 1 is 1.45 bits per heavy atom. The topological polar surface area (TPSA) is 79.4 Å². The minimum Gasteiger partial charge on any atom is -0.353 e. The molecule has 1 saturated carbocycles. The van der Waals surface area contributed by atoms with Crippen molar-refractivity contribution in [2.45, 2.75) is 31.8 Å². The number of carbonyl (C=O) groups is 1. The summed E-state index contributed by atoms with van der Waals surface area (Å²) in [6.07, 6.45) is 4.99. The molecule has 1 aromatic heterocycles. The lowest BCUT2D eigenvalue weighted by Crippen LogP contribution is -2.35. The van der Waals surface area contributed by atoms with Gasteiger partial charge < -0.3 is 5.32 Å². The van der Waals surface area contributed by atoms with Crippen LogP contribution in [0.25, 0.3) is 0 Å². The highest BCUT2D eigenvalue weighted by Gasteiger charge is 2.24. The molecule has 1 aliphatic rings. The third-order valence-electron chi connectivity index (χ3n) is 3.06. The van der Waals surface area contributed by atoms with Crippen molar-refractivity contribution in [3.8, 4) is 0 Å². The van der Waals surface area contributed by atoms with Gasteiger partial charge in [-0.25, -0.2) is 8.42 Å². The fourth-order valence-electron chi connectivity index (χ4n) is 1.79. The number of nitrogens with one attached hydrogen (secondary N) is 1. The molecule has 0 saturated heterocycles. The summed E-state index contributed by atoms with van der Waals surface area (Å²) in [5, 5.41) is 2.85. The van der Waals surface area contributed by atoms with Crippen LogP contribution in [-0.4, -0.2) is 42.5 Å². The molecule has 1 aromatic rings. The van der Waals surface area contributed by atoms with E-state index in [4.69, 9.17) is 0 Å². The molecule has 0 unspecified atom stereocenters. The molecule has 0 radical (unpaired) electrons. The van der Waals surface area contributed by atoms with E-state index in [1.807, 2.05) is 6.07 Å². The van der Waals surface area contributed by atoms with Crippen LogP contribution in [0.4, 0.5) is 0 Å². The Morgan fingerprint density at radius 3 is 2.75 bits per heavy atom. The molecule has 7 heteroatoms. The van der Waals surface area contributed by atoms with Gasteiger partial charge in [-0.3, -0.25) is 9.78 Å². The number of carbonyl (C=O) groups excluding carboxylic acids is 1. The lowest BCUT2D eigenvalue weighted by Gasteiger charge is -2.19. The highest BCUT2D eigenvalue weighted by Crippen LogP contribution is 2.18. The molecule has 0 aliphatic heterocycles. The molecule has 0 spiro atoms. The van der Waals surface area contributed by atoms with Crippen LogP contribution >= 0.6 is 0 Å². The number of hydrogen-bond acceptors (Lipinski definition) is 4. The molecule has 1 aliphatic carbocycles. The number of nitrogens with zero attached hydrogens (tertiary/aromatic N) is 2. The Hall–Kier alpha value is -1.47. The number of amides is 1. The SMILES string of the molecule is CS(=O)(=O)N(CCC(=O)NC1CC1)Cc1ccccn1. The van der Waals surface area contributed by atoms with Crippen LogP contribution in [0.5, 0.6) is 0 Å². The summed E-state index contributed by atoms with van der Waals surface area (Å²) < 4.78 is 24.8. The fraction of sp³-hybridized carbons (Fsp3) is 0.538. The molecule has 0 aromatic carbocycles. The van der Waals surface area contributed by atoms with Crippen molar-refractivity contribution in [2.24, 2.45) is 0 Å². The number of hydrogen-bond donors (Lipinski definition) is 1. The van der Waals surface area contributed by atoms with Gasteiger partial charge in [-0.2, -0.15) is 4.31 Å². The first kappa shape index (κ1) is 14.9. The minimum absolute atomic E-state index is 0.0952. The van der Waals surface area contributed by atoms with Crippen molar-refractivity contribution < 1.29 is 13.2 Å². The van der Waals surface area contributed by atoms with Crippen LogP contribution in [0, 0.1) is 0 Å². The van der Waals surface area contributed by atoms with Gasteiger partial charge >= 0.3 is 0 Å². The van der Waals surface area contributed by atoms with Crippen LogP contribution in [0.2, 0.25) is 0 Å². The maximum atomic E-state index is 11.7. The molecule has 1 heterocycles. The van der Waals surface area contributed by atoms with Crippen molar-refractivity contribution in [1.29, 1.82) is 0 Å². The highest BCUT2D eigenvalue weighted by atomic mass is 32.2. The molecule has 2 rings (SSSR count). The first-order chi connectivity index (χ1) is 9.45. The third kappa shape index (κ3) is 4.90. The van der Waals surface area contributed by atoms with Crippen molar-refractivity contribution >= 4 is 15.9 Å². The van der Waals surface area contributed by atoms with Crippen molar-refractivity contribution in [1.82, 2.24) is 14.6 Å². The van der Waals surface area contributed by atoms with E-state index >= 15 is 0 Å². The zero-order valence-corrected chi connectivity index (χ0v) is 12.3. The quantitative estimate of drug-likeness (QED) is 0.795. The maximum Gasteiger partial charge on any atom is 0.221 e. The van der Waals surface area contributed by atoms with Gasteiger partial charge in [-0.15, -0.1) is 0 Å². The van der Waals surface area contributed by atoms with Crippen LogP contribution in [0.3, 0.4) is 0 Å². The molecule has 0 atom stereocenters. The van der Waals surface area contributed by atoms with E-state index in [2.05, 4.69) is 10.3 Å². The normalized spacial score (nSPS) is 15.3. The van der Waals surface area contributed by atoms with Gasteiger partial charge in [-0.05, 0) is 25.0 Å². The van der Waals surface area contributed by atoms with Crippen molar-refractivity contribution in [3.63, 3.8) is 0 Å². The summed E-state index contributed by atoms with van der Waals surface area (Å²) in [5.41, 5.74) is 0.667. The number of rotatable bonds is 7. The summed E-state index contributed by atoms with van der Waals surface area (Å²) >= 11 is 0. The number of pyridine rings is 1. The Bertz CT molecular complexity index is 555. The molecule has 6 nitrogen and oxygen atoms in total. The monoisotopic (exact) mass is 297 g/mol. The summed E-state index contributed by atoms with van der Waals surface area (Å²) in [5.74, 6) is -0.0952. The maximum absolute atomic E-state index is 11.7. The van der Waals surface area contributed by atoms with Gasteiger partial charge in [0.15, 0.2) is 0 Å². The smallest absolute Gasteiger partial charge is 0.221 e. The largest absolute Gasteiger partial charge is 0.353 e. The van der Waals surface area contributed by atoms with E-state index in [0.717, 1.165) is 19.1 Å². The zero-order valence-electron chi connectivity index (χ0n) is 11.4. The fourth-order valence-corrected chi connectivity index (χ4v) is 2.58. The standard InChI is InChI=1S/C13H19N3O3S/c1-20(18,19)16(10-12-4-2-3-8-14-12)9-7-13(17)15-11-5-6-11/h2-4,8,11H,5-7,9-10H2,1H3,(H,15,17). The lowest BCUT2D eigenvalue weighted by molar-refractivity contribution is -0.121.